The minimum absolute atomic E-state index is 0.161. The van der Waals surface area contributed by atoms with Gasteiger partial charge >= 0.3 is 0 Å². The van der Waals surface area contributed by atoms with Crippen LogP contribution in [0, 0.1) is 12.7 Å². The molecule has 1 N–H and O–H groups in total. The molecule has 1 unspecified atom stereocenters. The predicted octanol–water partition coefficient (Wildman–Crippen LogP) is 3.45. The summed E-state index contributed by atoms with van der Waals surface area (Å²) in [6.45, 7) is 1.88. The summed E-state index contributed by atoms with van der Waals surface area (Å²) in [4.78, 5) is 0. The Balaban J connectivity index is 2.37. The lowest BCUT2D eigenvalue weighted by Crippen LogP contribution is -2.19. The van der Waals surface area contributed by atoms with Gasteiger partial charge in [-0.3, -0.25) is 0 Å². The maximum Gasteiger partial charge on any atom is 0.128 e. The second kappa shape index (κ2) is 5.85. The average Bonchev–Trinajstić information content (AvgIpc) is 2.42. The maximum atomic E-state index is 14.1. The molecule has 0 saturated carbocycles. The Kier molecular flexibility index (Phi) is 4.17. The van der Waals surface area contributed by atoms with E-state index in [2.05, 4.69) is 5.32 Å². The van der Waals surface area contributed by atoms with E-state index >= 15 is 0 Å². The topological polar surface area (TPSA) is 21.3 Å². The number of benzene rings is 2. The Morgan fingerprint density at radius 3 is 2.32 bits per heavy atom. The molecule has 19 heavy (non-hydrogen) atoms. The third-order valence-corrected chi connectivity index (χ3v) is 3.20. The van der Waals surface area contributed by atoms with E-state index in [-0.39, 0.29) is 11.9 Å². The van der Waals surface area contributed by atoms with Gasteiger partial charge < -0.3 is 10.1 Å². The van der Waals surface area contributed by atoms with Crippen LogP contribution in [0.4, 0.5) is 4.39 Å². The van der Waals surface area contributed by atoms with Crippen LogP contribution < -0.4 is 10.1 Å². The van der Waals surface area contributed by atoms with Crippen molar-refractivity contribution < 1.29 is 9.13 Å². The van der Waals surface area contributed by atoms with Crippen molar-refractivity contribution in [1.82, 2.24) is 5.32 Å². The number of ether oxygens (including phenoxy) is 1. The molecule has 3 heteroatoms. The van der Waals surface area contributed by atoms with Gasteiger partial charge in [0, 0.05) is 5.56 Å². The van der Waals surface area contributed by atoms with Gasteiger partial charge in [0.15, 0.2) is 0 Å². The first kappa shape index (κ1) is 13.6. The minimum Gasteiger partial charge on any atom is -0.497 e. The molecule has 1 atom stereocenters. The lowest BCUT2D eigenvalue weighted by molar-refractivity contribution is 0.414. The largest absolute Gasteiger partial charge is 0.497 e. The van der Waals surface area contributed by atoms with E-state index in [4.69, 9.17) is 4.74 Å². The lowest BCUT2D eigenvalue weighted by atomic mass is 9.97. The van der Waals surface area contributed by atoms with Crippen LogP contribution in [-0.4, -0.2) is 14.2 Å². The number of hydrogen-bond acceptors (Lipinski definition) is 2. The smallest absolute Gasteiger partial charge is 0.128 e. The molecule has 2 aromatic carbocycles. The van der Waals surface area contributed by atoms with Gasteiger partial charge in [-0.25, -0.2) is 4.39 Å². The summed E-state index contributed by atoms with van der Waals surface area (Å²) in [5, 5.41) is 3.15. The van der Waals surface area contributed by atoms with Crippen LogP contribution in [0.3, 0.4) is 0 Å². The monoisotopic (exact) mass is 259 g/mol. The second-order valence-corrected chi connectivity index (χ2v) is 4.52. The van der Waals surface area contributed by atoms with Gasteiger partial charge in [0.1, 0.15) is 11.6 Å². The third kappa shape index (κ3) is 2.93. The fourth-order valence-electron chi connectivity index (χ4n) is 2.16. The van der Waals surface area contributed by atoms with Crippen LogP contribution in [0.25, 0.3) is 0 Å². The van der Waals surface area contributed by atoms with Crippen molar-refractivity contribution in [2.75, 3.05) is 14.2 Å². The molecule has 0 spiro atoms. The fraction of sp³-hybridized carbons (Fsp3) is 0.250. The van der Waals surface area contributed by atoms with E-state index in [1.165, 1.54) is 0 Å². The Bertz CT molecular complexity index is 551. The maximum absolute atomic E-state index is 14.1. The van der Waals surface area contributed by atoms with E-state index in [0.717, 1.165) is 16.9 Å². The highest BCUT2D eigenvalue weighted by Crippen LogP contribution is 2.26. The molecule has 0 aliphatic heterocycles. The first-order valence-electron chi connectivity index (χ1n) is 6.23. The number of nitrogens with one attached hydrogen (secondary N) is 1. The SMILES string of the molecule is CNC(c1ccc(OC)cc1)c1ccc(C)cc1F. The molecule has 0 aromatic heterocycles. The summed E-state index contributed by atoms with van der Waals surface area (Å²) in [7, 11) is 3.46. The Labute approximate surface area is 113 Å². The molecule has 2 nitrogen and oxygen atoms in total. The molecule has 0 bridgehead atoms. The molecule has 100 valence electrons. The molecule has 0 aliphatic carbocycles. The van der Waals surface area contributed by atoms with Crippen LogP contribution in [-0.2, 0) is 0 Å². The lowest BCUT2D eigenvalue weighted by Gasteiger charge is -2.18. The van der Waals surface area contributed by atoms with Gasteiger partial charge in [-0.05, 0) is 43.3 Å². The Hall–Kier alpha value is -1.87. The number of methoxy groups -OCH3 is 1. The van der Waals surface area contributed by atoms with Crippen molar-refractivity contribution in [3.8, 4) is 5.75 Å². The molecule has 0 fully saturated rings. The molecule has 2 aromatic rings. The minimum atomic E-state index is -0.185. The second-order valence-electron chi connectivity index (χ2n) is 4.52. The predicted molar refractivity (Wildman–Crippen MR) is 75.0 cm³/mol. The summed E-state index contributed by atoms with van der Waals surface area (Å²) in [6.07, 6.45) is 0. The van der Waals surface area contributed by atoms with Crippen molar-refractivity contribution in [3.63, 3.8) is 0 Å². The van der Waals surface area contributed by atoms with Crippen molar-refractivity contribution in [3.05, 3.63) is 65.0 Å². The van der Waals surface area contributed by atoms with Crippen LogP contribution in [0.15, 0.2) is 42.5 Å². The first-order chi connectivity index (χ1) is 9.15. The zero-order chi connectivity index (χ0) is 13.8. The standard InChI is InChI=1S/C16H18FNO/c1-11-4-9-14(15(17)10-11)16(18-2)12-5-7-13(19-3)8-6-12/h4-10,16,18H,1-3H3. The van der Waals surface area contributed by atoms with Crippen LogP contribution >= 0.6 is 0 Å². The number of halogens is 1. The average molecular weight is 259 g/mol. The van der Waals surface area contributed by atoms with Crippen molar-refractivity contribution >= 4 is 0 Å². The van der Waals surface area contributed by atoms with Gasteiger partial charge in [-0.1, -0.05) is 24.3 Å². The molecule has 0 aliphatic rings. The molecule has 0 amide bonds. The van der Waals surface area contributed by atoms with E-state index in [9.17, 15) is 4.39 Å². The fourth-order valence-corrected chi connectivity index (χ4v) is 2.16. The van der Waals surface area contributed by atoms with Crippen LogP contribution in [0.2, 0.25) is 0 Å². The molecule has 0 heterocycles. The number of aryl methyl sites for hydroxylation is 1. The Morgan fingerprint density at radius 1 is 1.11 bits per heavy atom. The van der Waals surface area contributed by atoms with Gasteiger partial charge in [0.05, 0.1) is 13.2 Å². The van der Waals surface area contributed by atoms with Gasteiger partial charge in [0.2, 0.25) is 0 Å². The summed E-state index contributed by atoms with van der Waals surface area (Å²) in [6, 6.07) is 12.8. The first-order valence-corrected chi connectivity index (χ1v) is 6.23. The molecule has 2 rings (SSSR count). The molecule has 0 radical (unpaired) electrons. The van der Waals surface area contributed by atoms with E-state index < -0.39 is 0 Å². The van der Waals surface area contributed by atoms with Crippen molar-refractivity contribution in [1.29, 1.82) is 0 Å². The summed E-state index contributed by atoms with van der Waals surface area (Å²) in [5.74, 6) is 0.609. The molecular formula is C16H18FNO. The molecule has 0 saturated heterocycles. The summed E-state index contributed by atoms with van der Waals surface area (Å²) in [5.41, 5.74) is 2.58. The zero-order valence-corrected chi connectivity index (χ0v) is 11.4. The van der Waals surface area contributed by atoms with Gasteiger partial charge in [0.25, 0.3) is 0 Å². The van der Waals surface area contributed by atoms with Crippen molar-refractivity contribution in [2.45, 2.75) is 13.0 Å². The quantitative estimate of drug-likeness (QED) is 0.908. The highest BCUT2D eigenvalue weighted by Gasteiger charge is 2.16. The Morgan fingerprint density at radius 2 is 1.79 bits per heavy atom. The van der Waals surface area contributed by atoms with E-state index in [1.54, 1.807) is 13.2 Å². The number of hydrogen-bond donors (Lipinski definition) is 1. The highest BCUT2D eigenvalue weighted by molar-refractivity contribution is 5.37. The summed E-state index contributed by atoms with van der Waals surface area (Å²) < 4.78 is 19.2. The number of rotatable bonds is 4. The molecular weight excluding hydrogens is 241 g/mol. The van der Waals surface area contributed by atoms with E-state index in [0.29, 0.717) is 5.56 Å². The van der Waals surface area contributed by atoms with Gasteiger partial charge in [-0.2, -0.15) is 0 Å². The van der Waals surface area contributed by atoms with Crippen molar-refractivity contribution in [2.24, 2.45) is 0 Å². The third-order valence-electron chi connectivity index (χ3n) is 3.20. The van der Waals surface area contributed by atoms with Crippen LogP contribution in [0.1, 0.15) is 22.7 Å². The van der Waals surface area contributed by atoms with E-state index in [1.807, 2.05) is 50.4 Å². The highest BCUT2D eigenvalue weighted by atomic mass is 19.1. The summed E-state index contributed by atoms with van der Waals surface area (Å²) >= 11 is 0. The van der Waals surface area contributed by atoms with Gasteiger partial charge in [-0.15, -0.1) is 0 Å². The van der Waals surface area contributed by atoms with Crippen LogP contribution in [0.5, 0.6) is 5.75 Å². The normalized spacial score (nSPS) is 12.2. The zero-order valence-electron chi connectivity index (χ0n) is 11.4.